The lowest BCUT2D eigenvalue weighted by Gasteiger charge is -2.16. The van der Waals surface area contributed by atoms with Gasteiger partial charge in [-0.3, -0.25) is 0 Å². The lowest BCUT2D eigenvalue weighted by atomic mass is 10.3. The number of hydrogen-bond acceptors (Lipinski definition) is 2. The Morgan fingerprint density at radius 2 is 2.64 bits per heavy atom. The molecule has 0 aromatic heterocycles. The van der Waals surface area contributed by atoms with Crippen molar-refractivity contribution in [2.24, 2.45) is 0 Å². The van der Waals surface area contributed by atoms with Crippen molar-refractivity contribution < 1.29 is 9.47 Å². The molecule has 60 valence electrons. The number of terminal acetylenes is 1. The van der Waals surface area contributed by atoms with Crippen LogP contribution in [0.3, 0.4) is 0 Å². The van der Waals surface area contributed by atoms with E-state index in [2.05, 4.69) is 12.5 Å². The van der Waals surface area contributed by atoms with Crippen LogP contribution in [0.2, 0.25) is 0 Å². The summed E-state index contributed by atoms with van der Waals surface area (Å²) in [7, 11) is 0. The zero-order valence-corrected chi connectivity index (χ0v) is 6.67. The maximum absolute atomic E-state index is 5.42. The molecule has 2 heteroatoms. The van der Waals surface area contributed by atoms with Crippen LogP contribution in [0, 0.1) is 12.3 Å². The van der Waals surface area contributed by atoms with Gasteiger partial charge in [0.25, 0.3) is 5.79 Å². The van der Waals surface area contributed by atoms with Gasteiger partial charge in [0.05, 0.1) is 12.7 Å². The first-order valence-electron chi connectivity index (χ1n) is 3.69. The van der Waals surface area contributed by atoms with Crippen molar-refractivity contribution in [3.8, 4) is 12.3 Å². The van der Waals surface area contributed by atoms with Crippen LogP contribution in [0.25, 0.3) is 0 Å². The summed E-state index contributed by atoms with van der Waals surface area (Å²) in [5.74, 6) is 1.47. The molecule has 0 radical (unpaired) electrons. The van der Waals surface area contributed by atoms with Crippen molar-refractivity contribution in [3.63, 3.8) is 0 Å². The van der Waals surface area contributed by atoms with Crippen molar-refractivity contribution in [1.82, 2.24) is 0 Å². The minimum atomic E-state index is -0.958. The molecule has 0 aromatic carbocycles. The van der Waals surface area contributed by atoms with Gasteiger partial charge in [-0.15, -0.1) is 6.42 Å². The monoisotopic (exact) mass is 152 g/mol. The average molecular weight is 152 g/mol. The van der Waals surface area contributed by atoms with E-state index in [1.807, 2.05) is 6.92 Å². The summed E-state index contributed by atoms with van der Waals surface area (Å²) in [6.45, 7) is 6.16. The SMILES string of the molecule is C#CC1(C=C)OCC(CC)O1. The summed E-state index contributed by atoms with van der Waals surface area (Å²) >= 11 is 0. The molecule has 2 unspecified atom stereocenters. The first kappa shape index (κ1) is 8.32. The average Bonchev–Trinajstić information content (AvgIpc) is 2.49. The van der Waals surface area contributed by atoms with Crippen molar-refractivity contribution in [2.75, 3.05) is 6.61 Å². The van der Waals surface area contributed by atoms with Gasteiger partial charge in [0.15, 0.2) is 0 Å². The number of hydrogen-bond donors (Lipinski definition) is 0. The molecule has 0 bridgehead atoms. The minimum Gasteiger partial charge on any atom is -0.334 e. The Bertz CT molecular complexity index is 192. The molecule has 0 amide bonds. The summed E-state index contributed by atoms with van der Waals surface area (Å²) in [5, 5.41) is 0. The lowest BCUT2D eigenvalue weighted by Crippen LogP contribution is -2.25. The van der Waals surface area contributed by atoms with E-state index in [-0.39, 0.29) is 6.10 Å². The highest BCUT2D eigenvalue weighted by molar-refractivity contribution is 5.14. The fourth-order valence-corrected chi connectivity index (χ4v) is 0.975. The first-order chi connectivity index (χ1) is 5.26. The Morgan fingerprint density at radius 1 is 1.91 bits per heavy atom. The second kappa shape index (κ2) is 3.08. The predicted molar refractivity (Wildman–Crippen MR) is 42.9 cm³/mol. The van der Waals surface area contributed by atoms with Crippen LogP contribution in [0.4, 0.5) is 0 Å². The van der Waals surface area contributed by atoms with Gasteiger partial charge in [0, 0.05) is 0 Å². The van der Waals surface area contributed by atoms with Crippen LogP contribution in [0.1, 0.15) is 13.3 Å². The fourth-order valence-electron chi connectivity index (χ4n) is 0.975. The van der Waals surface area contributed by atoms with E-state index in [0.717, 1.165) is 6.42 Å². The van der Waals surface area contributed by atoms with E-state index in [0.29, 0.717) is 6.61 Å². The molecule has 0 aliphatic carbocycles. The van der Waals surface area contributed by atoms with E-state index < -0.39 is 5.79 Å². The quantitative estimate of drug-likeness (QED) is 0.439. The lowest BCUT2D eigenvalue weighted by molar-refractivity contribution is -0.0806. The molecule has 0 saturated carbocycles. The normalized spacial score (nSPS) is 36.5. The molecule has 11 heavy (non-hydrogen) atoms. The Hall–Kier alpha value is -0.780. The van der Waals surface area contributed by atoms with Crippen LogP contribution in [0.5, 0.6) is 0 Å². The third kappa shape index (κ3) is 1.45. The second-order valence-electron chi connectivity index (χ2n) is 2.48. The summed E-state index contributed by atoms with van der Waals surface area (Å²) in [6, 6.07) is 0. The zero-order chi connectivity index (χ0) is 8.32. The van der Waals surface area contributed by atoms with Gasteiger partial charge in [-0.2, -0.15) is 0 Å². The molecular formula is C9H12O2. The van der Waals surface area contributed by atoms with E-state index in [1.54, 1.807) is 0 Å². The molecule has 1 fully saturated rings. The van der Waals surface area contributed by atoms with Gasteiger partial charge in [0.1, 0.15) is 0 Å². The molecule has 0 aromatic rings. The molecule has 0 spiro atoms. The topological polar surface area (TPSA) is 18.5 Å². The highest BCUT2D eigenvalue weighted by atomic mass is 16.7. The van der Waals surface area contributed by atoms with Crippen LogP contribution < -0.4 is 0 Å². The van der Waals surface area contributed by atoms with Crippen molar-refractivity contribution >= 4 is 0 Å². The molecule has 1 heterocycles. The van der Waals surface area contributed by atoms with Gasteiger partial charge in [-0.25, -0.2) is 0 Å². The van der Waals surface area contributed by atoms with E-state index in [4.69, 9.17) is 15.9 Å². The van der Waals surface area contributed by atoms with Gasteiger partial charge in [-0.05, 0) is 18.4 Å². The largest absolute Gasteiger partial charge is 0.334 e. The molecule has 2 atom stereocenters. The summed E-state index contributed by atoms with van der Waals surface area (Å²) in [6.07, 6.45) is 7.77. The summed E-state index contributed by atoms with van der Waals surface area (Å²) in [5.41, 5.74) is 0. The van der Waals surface area contributed by atoms with Crippen LogP contribution in [-0.2, 0) is 9.47 Å². The molecule has 1 aliphatic heterocycles. The summed E-state index contributed by atoms with van der Waals surface area (Å²) in [4.78, 5) is 0. The fraction of sp³-hybridized carbons (Fsp3) is 0.556. The molecular weight excluding hydrogens is 140 g/mol. The van der Waals surface area contributed by atoms with Gasteiger partial charge < -0.3 is 9.47 Å². The second-order valence-corrected chi connectivity index (χ2v) is 2.48. The van der Waals surface area contributed by atoms with E-state index >= 15 is 0 Å². The third-order valence-electron chi connectivity index (χ3n) is 1.75. The van der Waals surface area contributed by atoms with Crippen molar-refractivity contribution in [3.05, 3.63) is 12.7 Å². The Labute approximate surface area is 67.2 Å². The smallest absolute Gasteiger partial charge is 0.254 e. The predicted octanol–water partition coefficient (Wildman–Crippen LogP) is 1.33. The summed E-state index contributed by atoms with van der Waals surface area (Å²) < 4.78 is 10.7. The van der Waals surface area contributed by atoms with Crippen LogP contribution in [-0.4, -0.2) is 18.5 Å². The zero-order valence-electron chi connectivity index (χ0n) is 6.67. The molecule has 1 saturated heterocycles. The number of rotatable bonds is 2. The van der Waals surface area contributed by atoms with E-state index in [1.165, 1.54) is 6.08 Å². The first-order valence-corrected chi connectivity index (χ1v) is 3.69. The van der Waals surface area contributed by atoms with Crippen molar-refractivity contribution in [2.45, 2.75) is 25.2 Å². The van der Waals surface area contributed by atoms with E-state index in [9.17, 15) is 0 Å². The third-order valence-corrected chi connectivity index (χ3v) is 1.75. The Kier molecular flexibility index (Phi) is 2.33. The van der Waals surface area contributed by atoms with Crippen LogP contribution in [0.15, 0.2) is 12.7 Å². The molecule has 1 rings (SSSR count). The highest BCUT2D eigenvalue weighted by Crippen LogP contribution is 2.25. The Morgan fingerprint density at radius 3 is 2.91 bits per heavy atom. The van der Waals surface area contributed by atoms with Crippen molar-refractivity contribution in [1.29, 1.82) is 0 Å². The Balaban J connectivity index is 2.64. The highest BCUT2D eigenvalue weighted by Gasteiger charge is 2.36. The molecule has 1 aliphatic rings. The molecule has 2 nitrogen and oxygen atoms in total. The minimum absolute atomic E-state index is 0.115. The maximum Gasteiger partial charge on any atom is 0.254 e. The number of ether oxygens (including phenoxy) is 2. The van der Waals surface area contributed by atoms with Gasteiger partial charge in [-0.1, -0.05) is 13.5 Å². The van der Waals surface area contributed by atoms with Gasteiger partial charge >= 0.3 is 0 Å². The molecule has 0 N–H and O–H groups in total. The van der Waals surface area contributed by atoms with Gasteiger partial charge in [0.2, 0.25) is 0 Å². The standard InChI is InChI=1S/C9H12O2/c1-4-8-7-10-9(5-2,6-3)11-8/h2,6,8H,3-4,7H2,1H3. The maximum atomic E-state index is 5.42. The van der Waals surface area contributed by atoms with Crippen LogP contribution >= 0.6 is 0 Å².